The van der Waals surface area contributed by atoms with Gasteiger partial charge in [-0.25, -0.2) is 17.6 Å². The number of carbonyl (C=O) groups excluding carboxylic acids is 2. The van der Waals surface area contributed by atoms with E-state index < -0.39 is 27.5 Å². The molecule has 8 nitrogen and oxygen atoms in total. The highest BCUT2D eigenvalue weighted by Crippen LogP contribution is 2.18. The van der Waals surface area contributed by atoms with Gasteiger partial charge in [-0.1, -0.05) is 6.07 Å². The van der Waals surface area contributed by atoms with E-state index in [0.717, 1.165) is 6.07 Å². The van der Waals surface area contributed by atoms with E-state index in [4.69, 9.17) is 4.74 Å². The Hall–Kier alpha value is -2.20. The summed E-state index contributed by atoms with van der Waals surface area (Å²) in [7, 11) is -3.80. The molecule has 0 aliphatic carbocycles. The van der Waals surface area contributed by atoms with Crippen molar-refractivity contribution in [2.24, 2.45) is 0 Å². The van der Waals surface area contributed by atoms with Crippen molar-refractivity contribution in [2.45, 2.75) is 37.7 Å². The van der Waals surface area contributed by atoms with Gasteiger partial charge >= 0.3 is 6.09 Å². The molecular weight excluding hydrogens is 389 g/mol. The third-order valence-corrected chi connectivity index (χ3v) is 5.93. The molecule has 1 saturated heterocycles. The number of nitrogens with zero attached hydrogens (tertiary/aromatic N) is 2. The summed E-state index contributed by atoms with van der Waals surface area (Å²) in [6.07, 6.45) is -0.498. The number of sulfonamides is 1. The van der Waals surface area contributed by atoms with E-state index >= 15 is 0 Å². The molecule has 156 valence electrons. The second-order valence-electron chi connectivity index (χ2n) is 7.42. The highest BCUT2D eigenvalue weighted by atomic mass is 32.2. The van der Waals surface area contributed by atoms with Crippen molar-refractivity contribution >= 4 is 22.0 Å². The Labute approximate surface area is 164 Å². The molecule has 0 bridgehead atoms. The number of benzene rings is 1. The predicted molar refractivity (Wildman–Crippen MR) is 101 cm³/mol. The minimum Gasteiger partial charge on any atom is -0.444 e. The summed E-state index contributed by atoms with van der Waals surface area (Å²) in [4.78, 5) is 25.3. The normalized spacial score (nSPS) is 15.9. The summed E-state index contributed by atoms with van der Waals surface area (Å²) < 4.78 is 44.8. The van der Waals surface area contributed by atoms with E-state index in [1.807, 2.05) is 0 Å². The number of piperazine rings is 1. The third-order valence-electron chi connectivity index (χ3n) is 4.03. The zero-order valence-corrected chi connectivity index (χ0v) is 17.1. The molecule has 1 aliphatic heterocycles. The van der Waals surface area contributed by atoms with E-state index in [1.165, 1.54) is 22.5 Å². The maximum Gasteiger partial charge on any atom is 0.407 e. The first-order valence-electron chi connectivity index (χ1n) is 8.99. The molecule has 0 radical (unpaired) electrons. The predicted octanol–water partition coefficient (Wildman–Crippen LogP) is 1.57. The maximum absolute atomic E-state index is 13.3. The Morgan fingerprint density at radius 1 is 1.18 bits per heavy atom. The van der Waals surface area contributed by atoms with Gasteiger partial charge in [-0.05, 0) is 39.0 Å². The fourth-order valence-corrected chi connectivity index (χ4v) is 4.15. The number of amides is 2. The van der Waals surface area contributed by atoms with Gasteiger partial charge in [0.2, 0.25) is 15.9 Å². The molecule has 2 rings (SSSR count). The SMILES string of the molecule is CC(C)(C)OC(=O)NCCC(=O)N1CCN(S(=O)(=O)c2cccc(F)c2)CC1. The second kappa shape index (κ2) is 8.87. The second-order valence-corrected chi connectivity index (χ2v) is 9.36. The summed E-state index contributed by atoms with van der Waals surface area (Å²) in [5.41, 5.74) is -0.614. The third kappa shape index (κ3) is 6.16. The van der Waals surface area contributed by atoms with E-state index in [2.05, 4.69) is 5.32 Å². The molecule has 1 heterocycles. The van der Waals surface area contributed by atoms with Gasteiger partial charge in [-0.3, -0.25) is 4.79 Å². The summed E-state index contributed by atoms with van der Waals surface area (Å²) in [6.45, 7) is 6.10. The summed E-state index contributed by atoms with van der Waals surface area (Å²) in [6, 6.07) is 4.86. The highest BCUT2D eigenvalue weighted by molar-refractivity contribution is 7.89. The number of hydrogen-bond acceptors (Lipinski definition) is 5. The molecule has 1 aromatic carbocycles. The van der Waals surface area contributed by atoms with E-state index in [9.17, 15) is 22.4 Å². The van der Waals surface area contributed by atoms with Crippen molar-refractivity contribution in [3.8, 4) is 0 Å². The van der Waals surface area contributed by atoms with Crippen LogP contribution in [-0.4, -0.2) is 67.9 Å². The Kier molecular flexibility index (Phi) is 7.00. The van der Waals surface area contributed by atoms with Crippen molar-refractivity contribution in [3.63, 3.8) is 0 Å². The average molecular weight is 415 g/mol. The van der Waals surface area contributed by atoms with Gasteiger partial charge in [0.05, 0.1) is 4.90 Å². The molecule has 0 aromatic heterocycles. The van der Waals surface area contributed by atoms with E-state index in [1.54, 1.807) is 25.7 Å². The first-order valence-corrected chi connectivity index (χ1v) is 10.4. The van der Waals surface area contributed by atoms with Gasteiger partial charge in [0.15, 0.2) is 0 Å². The summed E-state index contributed by atoms with van der Waals surface area (Å²) in [5.74, 6) is -0.800. The Balaban J connectivity index is 1.81. The minimum atomic E-state index is -3.80. The molecule has 1 N–H and O–H groups in total. The van der Waals surface area contributed by atoms with Gasteiger partial charge in [-0.2, -0.15) is 4.31 Å². The summed E-state index contributed by atoms with van der Waals surface area (Å²) in [5, 5.41) is 2.52. The molecule has 1 aromatic rings. The van der Waals surface area contributed by atoms with Crippen LogP contribution in [-0.2, 0) is 19.6 Å². The molecule has 2 amide bonds. The van der Waals surface area contributed by atoms with Gasteiger partial charge in [-0.15, -0.1) is 0 Å². The first kappa shape index (κ1) is 22.1. The van der Waals surface area contributed by atoms with Crippen LogP contribution in [0.2, 0.25) is 0 Å². The molecule has 0 atom stereocenters. The largest absolute Gasteiger partial charge is 0.444 e. The number of rotatable bonds is 5. The number of hydrogen-bond donors (Lipinski definition) is 1. The van der Waals surface area contributed by atoms with Crippen molar-refractivity contribution in [1.82, 2.24) is 14.5 Å². The van der Waals surface area contributed by atoms with Crippen LogP contribution >= 0.6 is 0 Å². The Bertz CT molecular complexity index is 815. The molecule has 0 saturated carbocycles. The van der Waals surface area contributed by atoms with Crippen molar-refractivity contribution in [1.29, 1.82) is 0 Å². The zero-order valence-electron chi connectivity index (χ0n) is 16.3. The fourth-order valence-electron chi connectivity index (χ4n) is 2.70. The van der Waals surface area contributed by atoms with Crippen LogP contribution in [0.25, 0.3) is 0 Å². The molecule has 10 heteroatoms. The molecule has 1 aliphatic rings. The zero-order chi connectivity index (χ0) is 20.9. The summed E-state index contributed by atoms with van der Waals surface area (Å²) >= 11 is 0. The molecule has 1 fully saturated rings. The average Bonchev–Trinajstić information content (AvgIpc) is 2.60. The van der Waals surface area contributed by atoms with E-state index in [-0.39, 0.29) is 49.9 Å². The number of halogens is 1. The van der Waals surface area contributed by atoms with Crippen LogP contribution in [0.15, 0.2) is 29.2 Å². The maximum atomic E-state index is 13.3. The van der Waals surface area contributed by atoms with Crippen LogP contribution in [0.3, 0.4) is 0 Å². The van der Waals surface area contributed by atoms with Crippen LogP contribution in [0.4, 0.5) is 9.18 Å². The van der Waals surface area contributed by atoms with Crippen LogP contribution in [0.1, 0.15) is 27.2 Å². The lowest BCUT2D eigenvalue weighted by molar-refractivity contribution is -0.132. The molecule has 0 spiro atoms. The van der Waals surface area contributed by atoms with E-state index in [0.29, 0.717) is 0 Å². The Morgan fingerprint density at radius 3 is 2.39 bits per heavy atom. The van der Waals surface area contributed by atoms with Crippen molar-refractivity contribution in [2.75, 3.05) is 32.7 Å². The van der Waals surface area contributed by atoms with Gasteiger partial charge in [0.25, 0.3) is 0 Å². The number of alkyl carbamates (subject to hydrolysis) is 1. The molecule has 28 heavy (non-hydrogen) atoms. The smallest absolute Gasteiger partial charge is 0.407 e. The number of nitrogens with one attached hydrogen (secondary N) is 1. The fraction of sp³-hybridized carbons (Fsp3) is 0.556. The van der Waals surface area contributed by atoms with Crippen LogP contribution < -0.4 is 5.32 Å². The van der Waals surface area contributed by atoms with Crippen LogP contribution in [0.5, 0.6) is 0 Å². The lowest BCUT2D eigenvalue weighted by Gasteiger charge is -2.34. The van der Waals surface area contributed by atoms with Crippen molar-refractivity contribution < 1.29 is 27.1 Å². The number of ether oxygens (including phenoxy) is 1. The lowest BCUT2D eigenvalue weighted by atomic mass is 10.2. The molecular formula is C18H26FN3O5S. The van der Waals surface area contributed by atoms with Crippen molar-refractivity contribution in [3.05, 3.63) is 30.1 Å². The number of carbonyl (C=O) groups is 2. The highest BCUT2D eigenvalue weighted by Gasteiger charge is 2.30. The minimum absolute atomic E-state index is 0.0931. The van der Waals surface area contributed by atoms with Gasteiger partial charge in [0, 0.05) is 39.1 Å². The van der Waals surface area contributed by atoms with Crippen LogP contribution in [0, 0.1) is 5.82 Å². The quantitative estimate of drug-likeness (QED) is 0.788. The first-order chi connectivity index (χ1) is 13.0. The van der Waals surface area contributed by atoms with Gasteiger partial charge < -0.3 is 15.0 Å². The Morgan fingerprint density at radius 2 is 1.82 bits per heavy atom. The standard InChI is InChI=1S/C18H26FN3O5S/c1-18(2,3)27-17(24)20-8-7-16(23)21-9-11-22(12-10-21)28(25,26)15-6-4-5-14(19)13-15/h4-6,13H,7-12H2,1-3H3,(H,20,24). The topological polar surface area (TPSA) is 96.0 Å². The molecule has 0 unspecified atom stereocenters. The van der Waals surface area contributed by atoms with Gasteiger partial charge in [0.1, 0.15) is 11.4 Å². The monoisotopic (exact) mass is 415 g/mol. The lowest BCUT2D eigenvalue weighted by Crippen LogP contribution is -2.50.